The van der Waals surface area contributed by atoms with Crippen LogP contribution in [0.5, 0.6) is 17.2 Å². The molecule has 2 aliphatic rings. The third-order valence-electron chi connectivity index (χ3n) is 7.41. The van der Waals surface area contributed by atoms with Gasteiger partial charge in [-0.05, 0) is 86.2 Å². The fourth-order valence-electron chi connectivity index (χ4n) is 4.75. The summed E-state index contributed by atoms with van der Waals surface area (Å²) >= 11 is 0. The normalized spacial score (nSPS) is 19.5. The molecule has 0 bridgehead atoms. The Bertz CT molecular complexity index is 1200. The third kappa shape index (κ3) is 5.98. The van der Waals surface area contributed by atoms with Crippen molar-refractivity contribution in [3.8, 4) is 17.2 Å². The van der Waals surface area contributed by atoms with Gasteiger partial charge >= 0.3 is 0 Å². The zero-order valence-corrected chi connectivity index (χ0v) is 23.0. The summed E-state index contributed by atoms with van der Waals surface area (Å²) in [5, 5.41) is 0. The molecule has 3 aromatic carbocycles. The molecule has 2 unspecified atom stereocenters. The van der Waals surface area contributed by atoms with Crippen molar-refractivity contribution in [2.75, 3.05) is 39.8 Å². The van der Waals surface area contributed by atoms with Crippen LogP contribution in [0, 0.1) is 20.8 Å². The molecule has 2 fully saturated rings. The van der Waals surface area contributed by atoms with Gasteiger partial charge in [-0.1, -0.05) is 36.4 Å². The molecule has 38 heavy (non-hydrogen) atoms. The standard InChI is InChI=1S/C32H38O6/c1-6-33-20-38-31-12-9-26(15-23(31)4)32(5,24-7-10-29(21(2)13-24)36-18-27-16-34-27)25-8-11-30(22(3)14-25)37-19-28-17-35-28/h7-15,27-28H,6,16-20H2,1-5H3. The quantitative estimate of drug-likeness (QED) is 0.122. The predicted molar refractivity (Wildman–Crippen MR) is 147 cm³/mol. The number of hydrogen-bond acceptors (Lipinski definition) is 6. The monoisotopic (exact) mass is 518 g/mol. The van der Waals surface area contributed by atoms with Gasteiger partial charge in [0.05, 0.1) is 13.2 Å². The fourth-order valence-corrected chi connectivity index (χ4v) is 4.75. The Kier molecular flexibility index (Phi) is 7.93. The molecule has 6 nitrogen and oxygen atoms in total. The van der Waals surface area contributed by atoms with E-state index in [4.69, 9.17) is 28.4 Å². The summed E-state index contributed by atoms with van der Waals surface area (Å²) in [7, 11) is 0. The van der Waals surface area contributed by atoms with E-state index in [1.54, 1.807) is 0 Å². The minimum absolute atomic E-state index is 0.223. The summed E-state index contributed by atoms with van der Waals surface area (Å²) in [4.78, 5) is 0. The maximum absolute atomic E-state index is 6.03. The zero-order chi connectivity index (χ0) is 26.7. The first kappa shape index (κ1) is 26.5. The molecule has 2 aliphatic heterocycles. The average Bonchev–Trinajstić information content (AvgIpc) is 3.83. The molecular formula is C32H38O6. The lowest BCUT2D eigenvalue weighted by atomic mass is 9.70. The number of hydrogen-bond donors (Lipinski definition) is 0. The van der Waals surface area contributed by atoms with E-state index in [-0.39, 0.29) is 19.0 Å². The summed E-state index contributed by atoms with van der Waals surface area (Å²) in [5.41, 5.74) is 6.40. The molecular weight excluding hydrogens is 480 g/mol. The van der Waals surface area contributed by atoms with Gasteiger partial charge in [0.1, 0.15) is 42.7 Å². The summed E-state index contributed by atoms with van der Waals surface area (Å²) in [5.74, 6) is 2.61. The molecule has 2 atom stereocenters. The van der Waals surface area contributed by atoms with E-state index in [2.05, 4.69) is 76.2 Å². The lowest BCUT2D eigenvalue weighted by Gasteiger charge is -2.33. The number of ether oxygens (including phenoxy) is 6. The van der Waals surface area contributed by atoms with E-state index in [0.29, 0.717) is 19.8 Å². The van der Waals surface area contributed by atoms with Crippen LogP contribution in [0.2, 0.25) is 0 Å². The fraction of sp³-hybridized carbons (Fsp3) is 0.438. The minimum atomic E-state index is -0.422. The van der Waals surface area contributed by atoms with Crippen molar-refractivity contribution in [1.82, 2.24) is 0 Å². The Labute approximate surface area is 225 Å². The molecule has 2 saturated heterocycles. The summed E-state index contributed by atoms with van der Waals surface area (Å²) in [6, 6.07) is 19.4. The highest BCUT2D eigenvalue weighted by molar-refractivity contribution is 5.55. The van der Waals surface area contributed by atoms with Gasteiger partial charge in [-0.25, -0.2) is 0 Å². The van der Waals surface area contributed by atoms with E-state index in [9.17, 15) is 0 Å². The van der Waals surface area contributed by atoms with Gasteiger partial charge in [0.25, 0.3) is 0 Å². The first-order valence-electron chi connectivity index (χ1n) is 13.4. The van der Waals surface area contributed by atoms with Crippen molar-refractivity contribution in [1.29, 1.82) is 0 Å². The molecule has 2 heterocycles. The van der Waals surface area contributed by atoms with Crippen LogP contribution in [0.15, 0.2) is 54.6 Å². The number of rotatable bonds is 13. The molecule has 202 valence electrons. The van der Waals surface area contributed by atoms with Crippen molar-refractivity contribution in [3.63, 3.8) is 0 Å². The number of benzene rings is 3. The topological polar surface area (TPSA) is 62.0 Å². The molecule has 5 rings (SSSR count). The molecule has 3 aromatic rings. The SMILES string of the molecule is CCOCOc1ccc(C(C)(c2ccc(OCC3CO3)c(C)c2)c2ccc(OCC3CO3)c(C)c2)cc1C. The van der Waals surface area contributed by atoms with E-state index >= 15 is 0 Å². The molecule has 0 saturated carbocycles. The van der Waals surface area contributed by atoms with E-state index in [0.717, 1.165) is 47.2 Å². The molecule has 0 aromatic heterocycles. The van der Waals surface area contributed by atoms with Crippen molar-refractivity contribution in [3.05, 3.63) is 88.0 Å². The van der Waals surface area contributed by atoms with Gasteiger partial charge in [-0.2, -0.15) is 0 Å². The second-order valence-electron chi connectivity index (χ2n) is 10.4. The smallest absolute Gasteiger partial charge is 0.189 e. The van der Waals surface area contributed by atoms with Gasteiger partial charge in [-0.3, -0.25) is 0 Å². The summed E-state index contributed by atoms with van der Waals surface area (Å²) in [6.07, 6.45) is 0.446. The Morgan fingerprint density at radius 2 is 1.08 bits per heavy atom. The van der Waals surface area contributed by atoms with Crippen LogP contribution in [0.4, 0.5) is 0 Å². The lowest BCUT2D eigenvalue weighted by molar-refractivity contribution is 0.0220. The highest BCUT2D eigenvalue weighted by Gasteiger charge is 2.33. The first-order valence-corrected chi connectivity index (χ1v) is 13.4. The minimum Gasteiger partial charge on any atom is -0.491 e. The Balaban J connectivity index is 1.51. The average molecular weight is 519 g/mol. The maximum atomic E-state index is 6.03. The van der Waals surface area contributed by atoms with Crippen LogP contribution in [0.25, 0.3) is 0 Å². The van der Waals surface area contributed by atoms with Crippen molar-refractivity contribution < 1.29 is 28.4 Å². The van der Waals surface area contributed by atoms with Crippen LogP contribution >= 0.6 is 0 Å². The number of aryl methyl sites for hydroxylation is 3. The molecule has 0 N–H and O–H groups in total. The molecule has 0 spiro atoms. The van der Waals surface area contributed by atoms with Gasteiger partial charge < -0.3 is 28.4 Å². The molecule has 0 amide bonds. The summed E-state index contributed by atoms with van der Waals surface area (Å²) in [6.45, 7) is 14.1. The van der Waals surface area contributed by atoms with Crippen LogP contribution in [0.3, 0.4) is 0 Å². The van der Waals surface area contributed by atoms with E-state index < -0.39 is 5.41 Å². The van der Waals surface area contributed by atoms with Gasteiger partial charge in [0.15, 0.2) is 6.79 Å². The highest BCUT2D eigenvalue weighted by atomic mass is 16.7. The summed E-state index contributed by atoms with van der Waals surface area (Å²) < 4.78 is 33.9. The highest BCUT2D eigenvalue weighted by Crippen LogP contribution is 2.42. The van der Waals surface area contributed by atoms with Gasteiger partial charge in [-0.15, -0.1) is 0 Å². The number of epoxide rings is 2. The van der Waals surface area contributed by atoms with Crippen LogP contribution in [-0.2, 0) is 19.6 Å². The van der Waals surface area contributed by atoms with Crippen molar-refractivity contribution >= 4 is 0 Å². The molecule has 0 aliphatic carbocycles. The lowest BCUT2D eigenvalue weighted by Crippen LogP contribution is -2.26. The van der Waals surface area contributed by atoms with Gasteiger partial charge in [0, 0.05) is 12.0 Å². The van der Waals surface area contributed by atoms with Gasteiger partial charge in [0.2, 0.25) is 0 Å². The zero-order valence-electron chi connectivity index (χ0n) is 23.0. The molecule has 6 heteroatoms. The third-order valence-corrected chi connectivity index (χ3v) is 7.41. The van der Waals surface area contributed by atoms with Crippen molar-refractivity contribution in [2.24, 2.45) is 0 Å². The predicted octanol–water partition coefficient (Wildman–Crippen LogP) is 5.89. The largest absolute Gasteiger partial charge is 0.491 e. The first-order chi connectivity index (χ1) is 18.4. The van der Waals surface area contributed by atoms with Crippen molar-refractivity contribution in [2.45, 2.75) is 52.2 Å². The Hall–Kier alpha value is -3.06. The second-order valence-corrected chi connectivity index (χ2v) is 10.4. The van der Waals surface area contributed by atoms with E-state index in [1.807, 2.05) is 13.0 Å². The second kappa shape index (κ2) is 11.4. The van der Waals surface area contributed by atoms with E-state index in [1.165, 1.54) is 16.7 Å². The van der Waals surface area contributed by atoms with Crippen LogP contribution in [-0.4, -0.2) is 52.0 Å². The maximum Gasteiger partial charge on any atom is 0.189 e. The van der Waals surface area contributed by atoms with Crippen LogP contribution in [0.1, 0.15) is 47.2 Å². The Morgan fingerprint density at radius 3 is 1.42 bits per heavy atom. The molecule has 0 radical (unpaired) electrons. The van der Waals surface area contributed by atoms with Crippen LogP contribution < -0.4 is 14.2 Å². The Morgan fingerprint density at radius 1 is 0.684 bits per heavy atom.